The largest absolute Gasteiger partial charge is 0.413 e. The van der Waals surface area contributed by atoms with Gasteiger partial charge in [0.2, 0.25) is 52.8 Å². The molecule has 0 bridgehead atoms. The summed E-state index contributed by atoms with van der Waals surface area (Å²) >= 11 is 0. The number of nitro benzene ring substituents is 1. The highest BCUT2D eigenvalue weighted by atomic mass is 35.5. The second-order valence-electron chi connectivity index (χ2n) is 36.7. The number of likely N-dealkylation sites (N-methyl/N-ethyl adjacent to an activating group) is 3. The van der Waals surface area contributed by atoms with Crippen molar-refractivity contribution in [3.63, 3.8) is 0 Å². The number of nitrogens with one attached hydrogen (secondary N) is 9. The zero-order chi connectivity index (χ0) is 81.4. The molecule has 3 saturated heterocycles. The number of hydrogen-bond acceptors (Lipinski definition) is 18. The van der Waals surface area contributed by atoms with Gasteiger partial charge in [0.05, 0.1) is 29.1 Å². The van der Waals surface area contributed by atoms with Gasteiger partial charge in [0.1, 0.15) is 36.0 Å². The number of nitrogens with zero attached hydrogens (tertiary/aromatic N) is 4. The number of rotatable bonds is 25. The number of benzene rings is 1. The number of carbonyl (C=O) groups is 14. The number of nitrogens with two attached hydrogens (primary N) is 1. The van der Waals surface area contributed by atoms with Crippen molar-refractivity contribution in [2.24, 2.45) is 91.5 Å². The van der Waals surface area contributed by atoms with E-state index in [2.05, 4.69) is 75.5 Å². The van der Waals surface area contributed by atoms with Crippen LogP contribution in [0.25, 0.3) is 0 Å². The highest BCUT2D eigenvalue weighted by Crippen LogP contribution is 2.67. The number of Topliss-reactive ketones (excluding diaryl/α,β-unsaturated/α-hetero) is 3. The minimum atomic E-state index is -1.08. The fourth-order valence-corrected chi connectivity index (χ4v) is 17.2. The summed E-state index contributed by atoms with van der Waals surface area (Å²) in [5.74, 6) is -5.30. The van der Waals surface area contributed by atoms with E-state index in [-0.39, 0.29) is 122 Å². The number of nitro groups is 1. The predicted molar refractivity (Wildman–Crippen MR) is 429 cm³/mol. The topological polar surface area (TPSA) is 435 Å². The predicted octanol–water partition coefficient (Wildman–Crippen LogP) is 6.54. The molecule has 0 spiro atoms. The van der Waals surface area contributed by atoms with Crippen LogP contribution in [0.2, 0.25) is 0 Å². The molecule has 11 N–H and O–H groups in total. The second kappa shape index (κ2) is 37.5. The third kappa shape index (κ3) is 21.4. The molecule has 3 heterocycles. The Balaban J connectivity index is 0.000000356. The van der Waals surface area contributed by atoms with E-state index < -0.39 is 140 Å². The van der Waals surface area contributed by atoms with E-state index in [1.165, 1.54) is 57.4 Å². The average molecular weight is 1610 g/mol. The number of non-ortho nitro benzene ring substituents is 1. The van der Waals surface area contributed by atoms with Crippen LogP contribution in [0, 0.1) is 95.9 Å². The monoisotopic (exact) mass is 1610 g/mol. The molecule has 1 aromatic carbocycles. The van der Waals surface area contributed by atoms with E-state index in [4.69, 9.17) is 10.5 Å². The number of likely N-dealkylation sites (tertiary alicyclic amines) is 3. The summed E-state index contributed by atoms with van der Waals surface area (Å²) in [7, 11) is 5.65. The molecule has 1 aromatic rings. The third-order valence-electron chi connectivity index (χ3n) is 25.4. The first-order valence-electron chi connectivity index (χ1n) is 38.7. The van der Waals surface area contributed by atoms with Gasteiger partial charge in [0, 0.05) is 60.0 Å². The molecule has 0 radical (unpaired) electrons. The molecule has 113 heavy (non-hydrogen) atoms. The molecular formula is C81H133ClN14O17. The summed E-state index contributed by atoms with van der Waals surface area (Å²) in [4.78, 5) is 196. The molecule has 3 unspecified atom stereocenters. The van der Waals surface area contributed by atoms with Gasteiger partial charge in [-0.3, -0.25) is 67.6 Å². The summed E-state index contributed by atoms with van der Waals surface area (Å²) in [6.45, 7) is 30.3. The number of ketones is 3. The van der Waals surface area contributed by atoms with Crippen LogP contribution in [-0.2, 0) is 57.5 Å². The van der Waals surface area contributed by atoms with Crippen molar-refractivity contribution in [2.45, 2.75) is 258 Å². The lowest BCUT2D eigenvalue weighted by atomic mass is 9.80. The highest BCUT2D eigenvalue weighted by Gasteiger charge is 2.72. The summed E-state index contributed by atoms with van der Waals surface area (Å²) in [6, 6.07) is -3.25. The fourth-order valence-electron chi connectivity index (χ4n) is 17.2. The van der Waals surface area contributed by atoms with E-state index in [9.17, 15) is 77.2 Å². The maximum atomic E-state index is 14.1. The van der Waals surface area contributed by atoms with Crippen molar-refractivity contribution in [1.82, 2.24) is 62.6 Å². The molecule has 32 heteroatoms. The van der Waals surface area contributed by atoms with E-state index in [1.54, 1.807) is 30.6 Å². The van der Waals surface area contributed by atoms with E-state index >= 15 is 0 Å². The van der Waals surface area contributed by atoms with Crippen molar-refractivity contribution in [1.29, 1.82) is 0 Å². The molecule has 10 rings (SSSR count). The summed E-state index contributed by atoms with van der Waals surface area (Å²) in [6.07, 6.45) is 9.31. The molecule has 9 aliphatic rings. The SMILES string of the molecule is C.C.C.CNC(=O)C(=O)C(CC1CCC1)NC(=O)[C@@H]1[C@@H]2[C@H](CN1C(=O)[C@@H](N)C(C)(C)C)C2(C)C.CNC(=O)C(=O)C(CC1CCC1)NC(=O)[C@@H]1[C@@H]2[C@H](CN1C(=O)[C@@H](NC(=O)Oc1ccc([N+](=O)[O-])cc1)C(C)(C)C)C2(C)C.CNC(=O)N[C@H](C(=O)N1C[C@H]2[C@@H]([C@H]1C(=O)NC(CC1CCC1)C(=O)C(=O)NC)C2(C)C)C(C)(C)C.Cl. The smallest absolute Gasteiger partial charge is 0.410 e. The van der Waals surface area contributed by atoms with Crippen LogP contribution in [0.3, 0.4) is 0 Å². The average Bonchev–Trinajstić information content (AvgIpc) is 1.54. The van der Waals surface area contributed by atoms with Gasteiger partial charge in [-0.25, -0.2) is 9.59 Å². The minimum Gasteiger partial charge on any atom is -0.410 e. The van der Waals surface area contributed by atoms with Crippen molar-refractivity contribution in [2.75, 3.05) is 47.8 Å². The van der Waals surface area contributed by atoms with E-state index in [1.807, 2.05) is 55.4 Å². The van der Waals surface area contributed by atoms with Gasteiger partial charge in [0.25, 0.3) is 23.4 Å². The van der Waals surface area contributed by atoms with Crippen LogP contribution in [0.4, 0.5) is 15.3 Å². The molecule has 12 amide bonds. The number of amides is 12. The molecule has 9 fully saturated rings. The minimum absolute atomic E-state index is 0. The van der Waals surface area contributed by atoms with E-state index in [0.29, 0.717) is 50.7 Å². The molecule has 3 aliphatic heterocycles. The zero-order valence-electron chi connectivity index (χ0n) is 67.5. The summed E-state index contributed by atoms with van der Waals surface area (Å²) in [5, 5.41) is 34.3. The lowest BCUT2D eigenvalue weighted by Gasteiger charge is -2.38. The van der Waals surface area contributed by atoms with Gasteiger partial charge in [-0.2, -0.15) is 0 Å². The quantitative estimate of drug-likeness (QED) is 0.0282. The van der Waals surface area contributed by atoms with Crippen molar-refractivity contribution in [3.05, 3.63) is 34.4 Å². The molecule has 636 valence electrons. The third-order valence-corrected chi connectivity index (χ3v) is 25.4. The van der Waals surface area contributed by atoms with Gasteiger partial charge < -0.3 is 73.0 Å². The Hall–Kier alpha value is -8.35. The van der Waals surface area contributed by atoms with Crippen LogP contribution in [0.15, 0.2) is 24.3 Å². The highest BCUT2D eigenvalue weighted by molar-refractivity contribution is 6.39. The lowest BCUT2D eigenvalue weighted by molar-refractivity contribution is -0.384. The maximum Gasteiger partial charge on any atom is 0.413 e. The normalized spacial score (nSPS) is 25.1. The number of carbonyl (C=O) groups excluding carboxylic acids is 14. The van der Waals surface area contributed by atoms with Crippen LogP contribution >= 0.6 is 12.4 Å². The summed E-state index contributed by atoms with van der Waals surface area (Å²) in [5.41, 5.74) is 3.91. The van der Waals surface area contributed by atoms with Crippen molar-refractivity contribution < 1.29 is 76.8 Å². The van der Waals surface area contributed by atoms with Crippen LogP contribution < -0.4 is 58.3 Å². The molecular weight excluding hydrogens is 1480 g/mol. The molecule has 0 aromatic heterocycles. The number of piperidine rings is 3. The van der Waals surface area contributed by atoms with Crippen LogP contribution in [0.5, 0.6) is 5.75 Å². The Morgan fingerprint density at radius 2 is 0.761 bits per heavy atom. The molecule has 6 saturated carbocycles. The van der Waals surface area contributed by atoms with Crippen LogP contribution in [0.1, 0.15) is 203 Å². The van der Waals surface area contributed by atoms with Gasteiger partial charge in [-0.15, -0.1) is 12.4 Å². The van der Waals surface area contributed by atoms with E-state index in [0.717, 1.165) is 57.8 Å². The van der Waals surface area contributed by atoms with Crippen molar-refractivity contribution >= 4 is 101 Å². The van der Waals surface area contributed by atoms with Gasteiger partial charge in [-0.05, 0) is 117 Å². The zero-order valence-corrected chi connectivity index (χ0v) is 68.3. The van der Waals surface area contributed by atoms with Gasteiger partial charge >= 0.3 is 12.1 Å². The number of halogens is 1. The fraction of sp³-hybridized carbons (Fsp3) is 0.753. The number of ether oxygens (including phenoxy) is 1. The van der Waals surface area contributed by atoms with Crippen LogP contribution in [-0.4, -0.2) is 204 Å². The molecule has 31 nitrogen and oxygen atoms in total. The van der Waals surface area contributed by atoms with Crippen molar-refractivity contribution in [3.8, 4) is 5.75 Å². The molecule has 6 aliphatic carbocycles. The Morgan fingerprint density at radius 1 is 0.469 bits per heavy atom. The Labute approximate surface area is 674 Å². The first-order valence-corrected chi connectivity index (χ1v) is 38.7. The summed E-state index contributed by atoms with van der Waals surface area (Å²) < 4.78 is 5.29. The Kier molecular flexibility index (Phi) is 32.2. The Bertz CT molecular complexity index is 3700. The number of hydrogen-bond donors (Lipinski definition) is 10. The first kappa shape index (κ1) is 97.0. The molecule has 15 atom stereocenters. The number of fused-ring (bicyclic) bond motifs is 3. The Morgan fingerprint density at radius 3 is 1.01 bits per heavy atom. The second-order valence-corrected chi connectivity index (χ2v) is 36.7. The lowest BCUT2D eigenvalue weighted by Crippen LogP contribution is -2.61. The standard InChI is InChI=1S/C30H41N5O8.C25H41N5O5.C23H38N4O4.3CH4.ClH/c1-29(2,3)24(33-28(40)43-18-12-10-17(11-13-18)35(41)42)27(39)34-15-19-21(30(19,4)5)22(34)25(37)32-20(14-16-8-7-9-16)23(36)26(38)31-6;1-24(2,3)19(29-23(35)27-7)22(34)30-12-14-16(25(14,4)5)17(30)20(32)28-15(11-13-9-8-10-13)18(31)21(33)26-6;1-22(2,3)18(24)21(31)27-11-13-15(23(13,4)5)16(27)19(29)26-14(10-12-8-7-9-12)17(28)20(30)25-6;;;;/h10-13,16,19-22,24H,7-9,14-15H2,1-6H3,(H,31,38)(H,32,37)(H,33,40);13-17,19H,8-12H2,1-7H3,(H,26,33)(H,28,32)(H2,27,29,35);12-16,18H,7-11,24H2,1-6H3,(H,25,30)(H,26,29);3*1H4;1H/t19-,20?,21-,22-,24+;14-,15?,16-,17-,19+;13-,14?,15-,16-,18+;;;;/m000..../s1. The number of urea groups is 1. The van der Waals surface area contributed by atoms with Gasteiger partial charge in [0.15, 0.2) is 0 Å². The maximum absolute atomic E-state index is 14.1. The van der Waals surface area contributed by atoms with Gasteiger partial charge in [-0.1, -0.05) is 184 Å². The first-order chi connectivity index (χ1) is 50.6.